The van der Waals surface area contributed by atoms with E-state index >= 15 is 0 Å². The normalized spacial score (nSPS) is 14.9. The molecule has 0 N–H and O–H groups in total. The summed E-state index contributed by atoms with van der Waals surface area (Å²) in [6.45, 7) is 10.5. The molecule has 90 valence electrons. The molecule has 0 bridgehead atoms. The van der Waals surface area contributed by atoms with Crippen molar-refractivity contribution in [2.75, 3.05) is 18.0 Å². The largest absolute Gasteiger partial charge is 0.341 e. The Balaban J connectivity index is 0.000000606. The van der Waals surface area contributed by atoms with Gasteiger partial charge in [0.25, 0.3) is 0 Å². The van der Waals surface area contributed by atoms with Gasteiger partial charge >= 0.3 is 0 Å². The highest BCUT2D eigenvalue weighted by Crippen LogP contribution is 2.17. The van der Waals surface area contributed by atoms with E-state index in [0.29, 0.717) is 5.92 Å². The molecule has 1 aliphatic heterocycles. The Labute approximate surface area is 98.9 Å². The molecule has 0 spiro atoms. The molecule has 3 heteroatoms. The molecular weight excluding hydrogens is 198 g/mol. The van der Waals surface area contributed by atoms with Crippen molar-refractivity contribution in [3.05, 3.63) is 18.0 Å². The minimum atomic E-state index is 0.516. The molecule has 1 aromatic rings. The predicted octanol–water partition coefficient (Wildman–Crippen LogP) is 3.23. The highest BCUT2D eigenvalue weighted by atomic mass is 15.3. The molecule has 1 saturated heterocycles. The molecule has 0 amide bonds. The van der Waals surface area contributed by atoms with Gasteiger partial charge in [-0.05, 0) is 24.3 Å². The van der Waals surface area contributed by atoms with Crippen molar-refractivity contribution in [1.29, 1.82) is 0 Å². The first-order chi connectivity index (χ1) is 7.77. The smallest absolute Gasteiger partial charge is 0.225 e. The summed E-state index contributed by atoms with van der Waals surface area (Å²) in [4.78, 5) is 11.0. The van der Waals surface area contributed by atoms with Crippen LogP contribution in [-0.4, -0.2) is 23.1 Å². The number of anilines is 1. The third kappa shape index (κ3) is 3.19. The maximum absolute atomic E-state index is 4.40. The molecule has 16 heavy (non-hydrogen) atoms. The first kappa shape index (κ1) is 12.9. The molecule has 0 saturated carbocycles. The molecule has 0 unspecified atom stereocenters. The molecule has 1 fully saturated rings. The van der Waals surface area contributed by atoms with Crippen LogP contribution in [0.15, 0.2) is 12.4 Å². The second kappa shape index (κ2) is 6.46. The van der Waals surface area contributed by atoms with Gasteiger partial charge in [0.1, 0.15) is 0 Å². The van der Waals surface area contributed by atoms with E-state index in [0.717, 1.165) is 19.0 Å². The molecule has 1 aromatic heterocycles. The summed E-state index contributed by atoms with van der Waals surface area (Å²) in [5.41, 5.74) is 1.22. The lowest BCUT2D eigenvalue weighted by Crippen LogP contribution is -2.20. The van der Waals surface area contributed by atoms with Crippen LogP contribution in [0.1, 0.15) is 52.0 Å². The summed E-state index contributed by atoms with van der Waals surface area (Å²) in [5.74, 6) is 1.41. The molecule has 3 nitrogen and oxygen atoms in total. The van der Waals surface area contributed by atoms with E-state index in [1.807, 2.05) is 26.2 Å². The van der Waals surface area contributed by atoms with Crippen molar-refractivity contribution in [1.82, 2.24) is 9.97 Å². The van der Waals surface area contributed by atoms with Crippen molar-refractivity contribution in [3.63, 3.8) is 0 Å². The van der Waals surface area contributed by atoms with E-state index in [1.54, 1.807) is 0 Å². The van der Waals surface area contributed by atoms with Crippen molar-refractivity contribution in [3.8, 4) is 0 Å². The molecule has 0 aromatic carbocycles. The van der Waals surface area contributed by atoms with Gasteiger partial charge in [-0.25, -0.2) is 9.97 Å². The van der Waals surface area contributed by atoms with Gasteiger partial charge in [-0.1, -0.05) is 27.7 Å². The van der Waals surface area contributed by atoms with Crippen LogP contribution in [0.5, 0.6) is 0 Å². The number of aromatic nitrogens is 2. The van der Waals surface area contributed by atoms with Crippen LogP contribution in [0.3, 0.4) is 0 Å². The van der Waals surface area contributed by atoms with Crippen LogP contribution in [0.4, 0.5) is 5.95 Å². The summed E-state index contributed by atoms with van der Waals surface area (Å²) < 4.78 is 0. The molecule has 2 rings (SSSR count). The summed E-state index contributed by atoms with van der Waals surface area (Å²) in [6.07, 6.45) is 6.45. The maximum atomic E-state index is 4.40. The summed E-state index contributed by atoms with van der Waals surface area (Å²) in [6, 6.07) is 0. The number of rotatable bonds is 2. The standard InChI is InChI=1S/C11H17N3.C2H6/c1-9(2)10-7-12-11(13-8-10)14-5-3-4-6-14;1-2/h7-9H,3-6H2,1-2H3;1-2H3. The highest BCUT2D eigenvalue weighted by Gasteiger charge is 2.14. The van der Waals surface area contributed by atoms with Gasteiger partial charge in [-0.3, -0.25) is 0 Å². The molecule has 0 atom stereocenters. The van der Waals surface area contributed by atoms with Crippen molar-refractivity contribution >= 4 is 5.95 Å². The average molecular weight is 221 g/mol. The predicted molar refractivity (Wildman–Crippen MR) is 68.9 cm³/mol. The molecule has 0 aliphatic carbocycles. The molecule has 0 radical (unpaired) electrons. The van der Waals surface area contributed by atoms with Crippen LogP contribution >= 0.6 is 0 Å². The van der Waals surface area contributed by atoms with Crippen molar-refractivity contribution in [2.24, 2.45) is 0 Å². The van der Waals surface area contributed by atoms with Gasteiger partial charge in [0.05, 0.1) is 0 Å². The maximum Gasteiger partial charge on any atom is 0.225 e. The Kier molecular flexibility index (Phi) is 5.23. The Morgan fingerprint density at radius 2 is 1.56 bits per heavy atom. The van der Waals surface area contributed by atoms with Gasteiger partial charge in [0.15, 0.2) is 0 Å². The molecule has 1 aliphatic rings. The van der Waals surface area contributed by atoms with Gasteiger partial charge in [0, 0.05) is 25.5 Å². The van der Waals surface area contributed by atoms with Crippen LogP contribution in [0.25, 0.3) is 0 Å². The lowest BCUT2D eigenvalue weighted by molar-refractivity contribution is 0.829. The first-order valence-electron chi connectivity index (χ1n) is 6.34. The Bertz CT molecular complexity index is 287. The van der Waals surface area contributed by atoms with E-state index in [9.17, 15) is 0 Å². The number of hydrogen-bond donors (Lipinski definition) is 0. The SMILES string of the molecule is CC.CC(C)c1cnc(N2CCCC2)nc1. The lowest BCUT2D eigenvalue weighted by atomic mass is 10.1. The third-order valence-electron chi connectivity index (χ3n) is 2.71. The van der Waals surface area contributed by atoms with E-state index in [-0.39, 0.29) is 0 Å². The Hall–Kier alpha value is -1.12. The summed E-state index contributed by atoms with van der Waals surface area (Å²) >= 11 is 0. The quantitative estimate of drug-likeness (QED) is 0.767. The van der Waals surface area contributed by atoms with Crippen LogP contribution in [-0.2, 0) is 0 Å². The zero-order valence-corrected chi connectivity index (χ0v) is 10.9. The van der Waals surface area contributed by atoms with Crippen LogP contribution < -0.4 is 4.90 Å². The zero-order chi connectivity index (χ0) is 12.0. The van der Waals surface area contributed by atoms with E-state index in [4.69, 9.17) is 0 Å². The van der Waals surface area contributed by atoms with Gasteiger partial charge in [0.2, 0.25) is 5.95 Å². The Morgan fingerprint density at radius 3 is 2.00 bits per heavy atom. The fourth-order valence-electron chi connectivity index (χ4n) is 1.71. The zero-order valence-electron chi connectivity index (χ0n) is 10.9. The minimum absolute atomic E-state index is 0.516. The second-order valence-corrected chi connectivity index (χ2v) is 4.17. The average Bonchev–Trinajstić information content (AvgIpc) is 2.85. The fraction of sp³-hybridized carbons (Fsp3) is 0.692. The Morgan fingerprint density at radius 1 is 1.06 bits per heavy atom. The summed E-state index contributed by atoms with van der Waals surface area (Å²) in [5, 5.41) is 0. The second-order valence-electron chi connectivity index (χ2n) is 4.17. The van der Waals surface area contributed by atoms with E-state index < -0.39 is 0 Å². The van der Waals surface area contributed by atoms with E-state index in [1.165, 1.54) is 18.4 Å². The third-order valence-corrected chi connectivity index (χ3v) is 2.71. The van der Waals surface area contributed by atoms with Crippen molar-refractivity contribution in [2.45, 2.75) is 46.5 Å². The van der Waals surface area contributed by atoms with Crippen LogP contribution in [0, 0.1) is 0 Å². The monoisotopic (exact) mass is 221 g/mol. The van der Waals surface area contributed by atoms with Gasteiger partial charge in [-0.15, -0.1) is 0 Å². The van der Waals surface area contributed by atoms with Crippen LogP contribution in [0.2, 0.25) is 0 Å². The molecule has 2 heterocycles. The number of nitrogens with zero attached hydrogens (tertiary/aromatic N) is 3. The highest BCUT2D eigenvalue weighted by molar-refractivity contribution is 5.31. The van der Waals surface area contributed by atoms with Crippen molar-refractivity contribution < 1.29 is 0 Å². The van der Waals surface area contributed by atoms with Gasteiger partial charge in [-0.2, -0.15) is 0 Å². The summed E-state index contributed by atoms with van der Waals surface area (Å²) in [7, 11) is 0. The lowest BCUT2D eigenvalue weighted by Gasteiger charge is -2.15. The van der Waals surface area contributed by atoms with Gasteiger partial charge < -0.3 is 4.90 Å². The van der Waals surface area contributed by atoms with E-state index in [2.05, 4.69) is 28.7 Å². The number of hydrogen-bond acceptors (Lipinski definition) is 3. The first-order valence-corrected chi connectivity index (χ1v) is 6.34. The molecular formula is C13H23N3. The topological polar surface area (TPSA) is 29.0 Å². The minimum Gasteiger partial charge on any atom is -0.341 e. The fourth-order valence-corrected chi connectivity index (χ4v) is 1.71.